The molecule has 1 amide bonds. The van der Waals surface area contributed by atoms with Gasteiger partial charge in [0.2, 0.25) is 5.91 Å². The van der Waals surface area contributed by atoms with Crippen LogP contribution in [-0.4, -0.2) is 42.1 Å². The second kappa shape index (κ2) is 6.56. The minimum absolute atomic E-state index is 0.144. The number of carbonyl (C=O) groups is 2. The van der Waals surface area contributed by atoms with Crippen molar-refractivity contribution in [1.82, 2.24) is 4.90 Å². The summed E-state index contributed by atoms with van der Waals surface area (Å²) in [5, 5.41) is 8.95. The van der Waals surface area contributed by atoms with Crippen molar-refractivity contribution in [1.29, 1.82) is 0 Å². The Hall–Kier alpha value is -2.11. The molecule has 2 rings (SSSR count). The number of ether oxygens (including phenoxy) is 1. The third-order valence-corrected chi connectivity index (χ3v) is 3.81. The first kappa shape index (κ1) is 15.3. The van der Waals surface area contributed by atoms with E-state index in [9.17, 15) is 14.0 Å². The number of halogens is 1. The lowest BCUT2D eigenvalue weighted by Gasteiger charge is -2.34. The summed E-state index contributed by atoms with van der Waals surface area (Å²) < 4.78 is 18.6. The lowest BCUT2D eigenvalue weighted by atomic mass is 9.73. The zero-order chi connectivity index (χ0) is 15.4. The number of hydrogen-bond acceptors (Lipinski definition) is 3. The summed E-state index contributed by atoms with van der Waals surface area (Å²) in [7, 11) is 1.60. The molecular weight excluding hydrogens is 277 g/mol. The van der Waals surface area contributed by atoms with Gasteiger partial charge in [-0.25, -0.2) is 4.39 Å². The van der Waals surface area contributed by atoms with Crippen LogP contribution in [0.1, 0.15) is 12.8 Å². The number of hydrogen-bond donors (Lipinski definition) is 1. The molecule has 1 fully saturated rings. The van der Waals surface area contributed by atoms with Gasteiger partial charge in [-0.3, -0.25) is 9.59 Å². The van der Waals surface area contributed by atoms with Gasteiger partial charge in [-0.05, 0) is 25.0 Å². The van der Waals surface area contributed by atoms with Gasteiger partial charge in [-0.15, -0.1) is 0 Å². The second-order valence-corrected chi connectivity index (χ2v) is 5.17. The number of para-hydroxylation sites is 1. The molecule has 21 heavy (non-hydrogen) atoms. The van der Waals surface area contributed by atoms with Gasteiger partial charge < -0.3 is 14.7 Å². The Kier molecular flexibility index (Phi) is 4.77. The van der Waals surface area contributed by atoms with Crippen molar-refractivity contribution in [2.75, 3.05) is 20.2 Å². The van der Waals surface area contributed by atoms with Gasteiger partial charge in [-0.1, -0.05) is 12.1 Å². The molecule has 0 heterocycles. The molecule has 1 aromatic rings. The van der Waals surface area contributed by atoms with Crippen LogP contribution in [0.3, 0.4) is 0 Å². The van der Waals surface area contributed by atoms with E-state index in [0.29, 0.717) is 12.8 Å². The van der Waals surface area contributed by atoms with Gasteiger partial charge in [-0.2, -0.15) is 0 Å². The summed E-state index contributed by atoms with van der Waals surface area (Å²) in [5.41, 5.74) is 0. The molecular formula is C15H18FNO4. The molecule has 1 aliphatic carbocycles. The van der Waals surface area contributed by atoms with Gasteiger partial charge in [0.15, 0.2) is 11.6 Å². The molecule has 1 saturated carbocycles. The molecule has 1 N–H and O–H groups in total. The lowest BCUT2D eigenvalue weighted by Crippen LogP contribution is -2.45. The van der Waals surface area contributed by atoms with E-state index in [1.807, 2.05) is 0 Å². The number of rotatable bonds is 6. The van der Waals surface area contributed by atoms with Crippen LogP contribution in [0, 0.1) is 17.7 Å². The van der Waals surface area contributed by atoms with E-state index < -0.39 is 23.6 Å². The van der Waals surface area contributed by atoms with Crippen molar-refractivity contribution >= 4 is 11.9 Å². The molecule has 2 atom stereocenters. The SMILES string of the molecule is CN(CCOc1ccccc1F)C(=O)C1CCC1C(=O)O. The Labute approximate surface area is 122 Å². The standard InChI is InChI=1S/C15H18FNO4/c1-17(14(18)10-6-7-11(10)15(19)20)8-9-21-13-5-3-2-4-12(13)16/h2-5,10-11H,6-9H2,1H3,(H,19,20). The van der Waals surface area contributed by atoms with Crippen LogP contribution in [0.25, 0.3) is 0 Å². The number of likely N-dealkylation sites (N-methyl/N-ethyl adjacent to an activating group) is 1. The Morgan fingerprint density at radius 2 is 2.00 bits per heavy atom. The molecule has 1 aliphatic rings. The highest BCUT2D eigenvalue weighted by atomic mass is 19.1. The first-order valence-electron chi connectivity index (χ1n) is 6.86. The van der Waals surface area contributed by atoms with Gasteiger partial charge in [0.1, 0.15) is 6.61 Å². The van der Waals surface area contributed by atoms with Crippen molar-refractivity contribution in [3.63, 3.8) is 0 Å². The summed E-state index contributed by atoms with van der Waals surface area (Å²) in [6.45, 7) is 0.448. The number of benzene rings is 1. The maximum Gasteiger partial charge on any atom is 0.307 e. The summed E-state index contributed by atoms with van der Waals surface area (Å²) in [4.78, 5) is 24.4. The van der Waals surface area contributed by atoms with E-state index in [-0.39, 0.29) is 24.8 Å². The minimum atomic E-state index is -0.921. The zero-order valence-electron chi connectivity index (χ0n) is 11.8. The van der Waals surface area contributed by atoms with E-state index in [0.717, 1.165) is 0 Å². The summed E-state index contributed by atoms with van der Waals surface area (Å²) in [6, 6.07) is 6.05. The monoisotopic (exact) mass is 295 g/mol. The predicted molar refractivity (Wildman–Crippen MR) is 73.4 cm³/mol. The van der Waals surface area contributed by atoms with Gasteiger partial charge >= 0.3 is 5.97 Å². The maximum atomic E-state index is 13.3. The molecule has 0 aliphatic heterocycles. The number of aliphatic carboxylic acids is 1. The highest BCUT2D eigenvalue weighted by molar-refractivity contribution is 5.86. The molecule has 114 valence electrons. The smallest absolute Gasteiger partial charge is 0.307 e. The Balaban J connectivity index is 1.79. The minimum Gasteiger partial charge on any atom is -0.489 e. The summed E-state index contributed by atoms with van der Waals surface area (Å²) >= 11 is 0. The van der Waals surface area contributed by atoms with Gasteiger partial charge in [0, 0.05) is 7.05 Å². The molecule has 0 saturated heterocycles. The fourth-order valence-corrected chi connectivity index (χ4v) is 2.34. The van der Waals surface area contributed by atoms with Crippen LogP contribution in [0.4, 0.5) is 4.39 Å². The maximum absolute atomic E-state index is 13.3. The van der Waals surface area contributed by atoms with E-state index in [2.05, 4.69) is 0 Å². The van der Waals surface area contributed by atoms with Crippen LogP contribution < -0.4 is 4.74 Å². The summed E-state index contributed by atoms with van der Waals surface area (Å²) in [6.07, 6.45) is 1.15. The molecule has 6 heteroatoms. The largest absolute Gasteiger partial charge is 0.489 e. The number of amides is 1. The van der Waals surface area contributed by atoms with E-state index >= 15 is 0 Å². The van der Waals surface area contributed by atoms with Crippen molar-refractivity contribution in [2.24, 2.45) is 11.8 Å². The fourth-order valence-electron chi connectivity index (χ4n) is 2.34. The first-order valence-corrected chi connectivity index (χ1v) is 6.86. The fraction of sp³-hybridized carbons (Fsp3) is 0.467. The summed E-state index contributed by atoms with van der Waals surface area (Å²) in [5.74, 6) is -2.43. The molecule has 0 aromatic heterocycles. The normalized spacial score (nSPS) is 20.5. The van der Waals surface area contributed by atoms with Crippen LogP contribution >= 0.6 is 0 Å². The predicted octanol–water partition coefficient (Wildman–Crippen LogP) is 1.77. The number of nitrogens with zero attached hydrogens (tertiary/aromatic N) is 1. The van der Waals surface area contributed by atoms with Crippen molar-refractivity contribution in [2.45, 2.75) is 12.8 Å². The van der Waals surface area contributed by atoms with Crippen molar-refractivity contribution in [3.05, 3.63) is 30.1 Å². The Morgan fingerprint density at radius 3 is 2.57 bits per heavy atom. The van der Waals surface area contributed by atoms with Crippen LogP contribution in [0.15, 0.2) is 24.3 Å². The molecule has 1 aromatic carbocycles. The van der Waals surface area contributed by atoms with Gasteiger partial charge in [0.25, 0.3) is 0 Å². The van der Waals surface area contributed by atoms with Crippen LogP contribution in [0.5, 0.6) is 5.75 Å². The lowest BCUT2D eigenvalue weighted by molar-refractivity contribution is -0.156. The third-order valence-electron chi connectivity index (χ3n) is 3.81. The van der Waals surface area contributed by atoms with Crippen LogP contribution in [-0.2, 0) is 9.59 Å². The Morgan fingerprint density at radius 1 is 1.33 bits per heavy atom. The topological polar surface area (TPSA) is 66.8 Å². The van der Waals surface area contributed by atoms with Gasteiger partial charge in [0.05, 0.1) is 18.4 Å². The van der Waals surface area contributed by atoms with E-state index in [4.69, 9.17) is 9.84 Å². The molecule has 2 unspecified atom stereocenters. The number of carboxylic acids is 1. The van der Waals surface area contributed by atoms with E-state index in [1.165, 1.54) is 17.0 Å². The van der Waals surface area contributed by atoms with Crippen molar-refractivity contribution < 1.29 is 23.8 Å². The van der Waals surface area contributed by atoms with Crippen molar-refractivity contribution in [3.8, 4) is 5.75 Å². The number of carboxylic acid groups (broad SMARTS) is 1. The van der Waals surface area contributed by atoms with Crippen LogP contribution in [0.2, 0.25) is 0 Å². The van der Waals surface area contributed by atoms with E-state index in [1.54, 1.807) is 19.2 Å². The highest BCUT2D eigenvalue weighted by Gasteiger charge is 2.42. The Bertz CT molecular complexity index is 534. The third kappa shape index (κ3) is 3.51. The zero-order valence-corrected chi connectivity index (χ0v) is 11.8. The molecule has 5 nitrogen and oxygen atoms in total. The average Bonchev–Trinajstić information content (AvgIpc) is 2.38. The molecule has 0 spiro atoms. The molecule has 0 bridgehead atoms. The molecule has 0 radical (unpaired) electrons. The average molecular weight is 295 g/mol. The number of carbonyl (C=O) groups excluding carboxylic acids is 1. The second-order valence-electron chi connectivity index (χ2n) is 5.17. The quantitative estimate of drug-likeness (QED) is 0.868. The first-order chi connectivity index (χ1) is 10.0. The highest BCUT2D eigenvalue weighted by Crippen LogP contribution is 2.35.